The molecule has 0 saturated carbocycles. The van der Waals surface area contributed by atoms with E-state index < -0.39 is 0 Å². The van der Waals surface area contributed by atoms with Gasteiger partial charge in [0.1, 0.15) is 0 Å². The van der Waals surface area contributed by atoms with Crippen molar-refractivity contribution in [1.82, 2.24) is 4.98 Å². The average Bonchev–Trinajstić information content (AvgIpc) is 2.46. The average molecular weight is 243 g/mol. The Balaban J connectivity index is 2.43. The van der Waals surface area contributed by atoms with Crippen LogP contribution in [0.2, 0.25) is 0 Å². The second-order valence-electron chi connectivity index (χ2n) is 4.01. The summed E-state index contributed by atoms with van der Waals surface area (Å²) in [6, 6.07) is 8.04. The normalized spacial score (nSPS) is 10.2. The van der Waals surface area contributed by atoms with Crippen LogP contribution in [0.5, 0.6) is 11.5 Å². The molecule has 3 nitrogen and oxygen atoms in total. The second-order valence-corrected chi connectivity index (χ2v) is 4.01. The summed E-state index contributed by atoms with van der Waals surface area (Å²) in [5.74, 6) is 1.47. The lowest BCUT2D eigenvalue weighted by Crippen LogP contribution is -1.91. The Morgan fingerprint density at radius 1 is 0.944 bits per heavy atom. The van der Waals surface area contributed by atoms with Crippen LogP contribution in [0.25, 0.3) is 11.1 Å². The van der Waals surface area contributed by atoms with E-state index in [9.17, 15) is 0 Å². The summed E-state index contributed by atoms with van der Waals surface area (Å²) in [5.41, 5.74) is 3.40. The molecule has 0 spiro atoms. The number of aryl methyl sites for hydroxylation is 1. The fourth-order valence-corrected chi connectivity index (χ4v) is 1.85. The number of hydrogen-bond donors (Lipinski definition) is 0. The Morgan fingerprint density at radius 2 is 1.72 bits per heavy atom. The molecule has 0 unspecified atom stereocenters. The van der Waals surface area contributed by atoms with E-state index in [0.29, 0.717) is 0 Å². The second kappa shape index (κ2) is 5.54. The van der Waals surface area contributed by atoms with Crippen LogP contribution >= 0.6 is 0 Å². The first-order valence-electron chi connectivity index (χ1n) is 5.94. The predicted molar refractivity (Wildman–Crippen MR) is 72.2 cm³/mol. The van der Waals surface area contributed by atoms with Gasteiger partial charge in [0.2, 0.25) is 0 Å². The molecular weight excluding hydrogens is 226 g/mol. The molecule has 3 heteroatoms. The van der Waals surface area contributed by atoms with Gasteiger partial charge in [0.05, 0.1) is 14.2 Å². The molecule has 0 aliphatic rings. The van der Waals surface area contributed by atoms with Crippen LogP contribution < -0.4 is 9.47 Å². The van der Waals surface area contributed by atoms with Crippen molar-refractivity contribution in [1.29, 1.82) is 0 Å². The minimum absolute atomic E-state index is 0.733. The van der Waals surface area contributed by atoms with Crippen molar-refractivity contribution in [3.05, 3.63) is 42.2 Å². The van der Waals surface area contributed by atoms with Crippen molar-refractivity contribution in [2.24, 2.45) is 0 Å². The Labute approximate surface area is 107 Å². The SMILES string of the molecule is CCc1cncc(-c2ccc(OC)c(OC)c2)c1. The molecule has 2 aromatic rings. The number of aromatic nitrogens is 1. The van der Waals surface area contributed by atoms with E-state index >= 15 is 0 Å². The Kier molecular flexibility index (Phi) is 3.82. The number of benzene rings is 1. The number of ether oxygens (including phenoxy) is 2. The topological polar surface area (TPSA) is 31.4 Å². The molecule has 1 heterocycles. The molecule has 0 atom stereocenters. The lowest BCUT2D eigenvalue weighted by molar-refractivity contribution is 0.355. The van der Waals surface area contributed by atoms with E-state index in [2.05, 4.69) is 18.0 Å². The molecule has 0 saturated heterocycles. The summed E-state index contributed by atoms with van der Waals surface area (Å²) in [7, 11) is 3.28. The number of methoxy groups -OCH3 is 2. The van der Waals surface area contributed by atoms with Gasteiger partial charge in [0.15, 0.2) is 11.5 Å². The van der Waals surface area contributed by atoms with E-state index in [0.717, 1.165) is 29.0 Å². The van der Waals surface area contributed by atoms with Crippen molar-refractivity contribution in [3.8, 4) is 22.6 Å². The molecule has 0 aliphatic carbocycles. The van der Waals surface area contributed by atoms with Gasteiger partial charge in [-0.05, 0) is 35.7 Å². The van der Waals surface area contributed by atoms with E-state index in [1.165, 1.54) is 5.56 Å². The first-order chi connectivity index (χ1) is 8.78. The third-order valence-corrected chi connectivity index (χ3v) is 2.92. The summed E-state index contributed by atoms with van der Waals surface area (Å²) in [6.45, 7) is 2.12. The number of hydrogen-bond acceptors (Lipinski definition) is 3. The maximum absolute atomic E-state index is 5.31. The molecule has 2 rings (SSSR count). The van der Waals surface area contributed by atoms with Gasteiger partial charge in [0, 0.05) is 18.0 Å². The number of rotatable bonds is 4. The Bertz CT molecular complexity index is 538. The first kappa shape index (κ1) is 12.4. The summed E-state index contributed by atoms with van der Waals surface area (Å²) < 4.78 is 10.5. The summed E-state index contributed by atoms with van der Waals surface area (Å²) in [6.07, 6.45) is 4.73. The highest BCUT2D eigenvalue weighted by Gasteiger charge is 2.06. The van der Waals surface area contributed by atoms with Crippen molar-refractivity contribution < 1.29 is 9.47 Å². The van der Waals surface area contributed by atoms with Crippen molar-refractivity contribution in [3.63, 3.8) is 0 Å². The largest absolute Gasteiger partial charge is 0.493 e. The smallest absolute Gasteiger partial charge is 0.161 e. The minimum atomic E-state index is 0.733. The van der Waals surface area contributed by atoms with E-state index in [4.69, 9.17) is 9.47 Å². The molecule has 0 aliphatic heterocycles. The van der Waals surface area contributed by atoms with Gasteiger partial charge in [-0.2, -0.15) is 0 Å². The molecule has 0 N–H and O–H groups in total. The van der Waals surface area contributed by atoms with Crippen LogP contribution in [0.1, 0.15) is 12.5 Å². The highest BCUT2D eigenvalue weighted by molar-refractivity contribution is 5.67. The zero-order valence-electron chi connectivity index (χ0n) is 10.9. The molecule has 0 bridgehead atoms. The van der Waals surface area contributed by atoms with Gasteiger partial charge in [-0.3, -0.25) is 4.98 Å². The minimum Gasteiger partial charge on any atom is -0.493 e. The highest BCUT2D eigenvalue weighted by Crippen LogP contribution is 2.32. The zero-order valence-corrected chi connectivity index (χ0v) is 10.9. The maximum atomic E-state index is 5.31. The summed E-state index contributed by atoms with van der Waals surface area (Å²) in [4.78, 5) is 4.26. The lowest BCUT2D eigenvalue weighted by atomic mass is 10.0. The van der Waals surface area contributed by atoms with Gasteiger partial charge in [-0.1, -0.05) is 13.0 Å². The number of pyridine rings is 1. The van der Waals surface area contributed by atoms with Gasteiger partial charge in [-0.25, -0.2) is 0 Å². The van der Waals surface area contributed by atoms with Gasteiger partial charge >= 0.3 is 0 Å². The van der Waals surface area contributed by atoms with Crippen molar-refractivity contribution in [2.75, 3.05) is 14.2 Å². The van der Waals surface area contributed by atoms with Crippen LogP contribution in [-0.2, 0) is 6.42 Å². The standard InChI is InChI=1S/C15H17NO2/c1-4-11-7-13(10-16-9-11)12-5-6-14(17-2)15(8-12)18-3/h5-10H,4H2,1-3H3. The zero-order chi connectivity index (χ0) is 13.0. The van der Waals surface area contributed by atoms with Crippen LogP contribution in [0.3, 0.4) is 0 Å². The predicted octanol–water partition coefficient (Wildman–Crippen LogP) is 3.33. The van der Waals surface area contributed by atoms with Crippen LogP contribution in [-0.4, -0.2) is 19.2 Å². The van der Waals surface area contributed by atoms with Gasteiger partial charge in [-0.15, -0.1) is 0 Å². The summed E-state index contributed by atoms with van der Waals surface area (Å²) in [5, 5.41) is 0. The lowest BCUT2D eigenvalue weighted by Gasteiger charge is -2.10. The van der Waals surface area contributed by atoms with Crippen molar-refractivity contribution in [2.45, 2.75) is 13.3 Å². The van der Waals surface area contributed by atoms with Crippen LogP contribution in [0, 0.1) is 0 Å². The monoisotopic (exact) mass is 243 g/mol. The van der Waals surface area contributed by atoms with Crippen molar-refractivity contribution >= 4 is 0 Å². The molecule has 0 fully saturated rings. The summed E-state index contributed by atoms with van der Waals surface area (Å²) >= 11 is 0. The van der Waals surface area contributed by atoms with E-state index in [-0.39, 0.29) is 0 Å². The van der Waals surface area contributed by atoms with E-state index in [1.54, 1.807) is 14.2 Å². The fraction of sp³-hybridized carbons (Fsp3) is 0.267. The van der Waals surface area contributed by atoms with Gasteiger partial charge in [0.25, 0.3) is 0 Å². The molecule has 1 aromatic carbocycles. The molecular formula is C15H17NO2. The first-order valence-corrected chi connectivity index (χ1v) is 5.94. The quantitative estimate of drug-likeness (QED) is 0.825. The highest BCUT2D eigenvalue weighted by atomic mass is 16.5. The Hall–Kier alpha value is -2.03. The maximum Gasteiger partial charge on any atom is 0.161 e. The molecule has 0 radical (unpaired) electrons. The third-order valence-electron chi connectivity index (χ3n) is 2.92. The third kappa shape index (κ3) is 2.45. The van der Waals surface area contributed by atoms with Crippen LogP contribution in [0.4, 0.5) is 0 Å². The Morgan fingerprint density at radius 3 is 2.39 bits per heavy atom. The molecule has 0 amide bonds. The number of nitrogens with zero attached hydrogens (tertiary/aromatic N) is 1. The molecule has 1 aromatic heterocycles. The fourth-order valence-electron chi connectivity index (χ4n) is 1.85. The molecule has 18 heavy (non-hydrogen) atoms. The van der Waals surface area contributed by atoms with Gasteiger partial charge < -0.3 is 9.47 Å². The van der Waals surface area contributed by atoms with Crippen LogP contribution in [0.15, 0.2) is 36.7 Å². The van der Waals surface area contributed by atoms with E-state index in [1.807, 2.05) is 30.6 Å². The molecule has 94 valence electrons.